The van der Waals surface area contributed by atoms with Crippen molar-refractivity contribution < 1.29 is 23.9 Å². The smallest absolute Gasteiger partial charge is 0.325 e. The molecule has 2 N–H and O–H groups in total. The highest BCUT2D eigenvalue weighted by molar-refractivity contribution is 5.98. The van der Waals surface area contributed by atoms with Crippen LogP contribution in [0.1, 0.15) is 36.8 Å². The largest absolute Gasteiger partial charge is 0.468 e. The van der Waals surface area contributed by atoms with Gasteiger partial charge < -0.3 is 14.8 Å². The predicted molar refractivity (Wildman–Crippen MR) is 91.6 cm³/mol. The van der Waals surface area contributed by atoms with Gasteiger partial charge in [0.2, 0.25) is 5.82 Å². The number of amides is 1. The third-order valence-electron chi connectivity index (χ3n) is 3.51. The Morgan fingerprint density at radius 1 is 1.26 bits per heavy atom. The lowest BCUT2D eigenvalue weighted by molar-refractivity contribution is -0.143. The zero-order chi connectivity index (χ0) is 20.2. The number of H-pyrrole nitrogens is 1. The fourth-order valence-corrected chi connectivity index (χ4v) is 1.93. The van der Waals surface area contributed by atoms with Crippen LogP contribution in [0.3, 0.4) is 0 Å². The maximum atomic E-state index is 12.4. The zero-order valence-electron chi connectivity index (χ0n) is 15.6. The number of hydrogen-bond acceptors (Lipinski definition) is 9. The molecule has 2 rings (SSSR count). The van der Waals surface area contributed by atoms with Crippen molar-refractivity contribution in [3.8, 4) is 17.1 Å². The molecule has 0 bridgehead atoms. The monoisotopic (exact) mass is 376 g/mol. The molecule has 0 spiro atoms. The molecule has 0 aliphatic carbocycles. The van der Waals surface area contributed by atoms with Crippen molar-refractivity contribution in [1.82, 2.24) is 30.9 Å². The summed E-state index contributed by atoms with van der Waals surface area (Å²) in [7, 11) is 1.20. The second-order valence-corrected chi connectivity index (χ2v) is 6.61. The number of nitrogens with zero attached hydrogens (tertiary/aromatic N) is 4. The number of esters is 2. The minimum atomic E-state index is -0.811. The van der Waals surface area contributed by atoms with E-state index in [9.17, 15) is 14.4 Å². The van der Waals surface area contributed by atoms with E-state index in [1.807, 2.05) is 0 Å². The van der Waals surface area contributed by atoms with Crippen LogP contribution in [0.2, 0.25) is 0 Å². The van der Waals surface area contributed by atoms with Crippen molar-refractivity contribution in [3.05, 3.63) is 17.5 Å². The number of pyridine rings is 1. The van der Waals surface area contributed by atoms with Crippen LogP contribution in [0.5, 0.6) is 5.75 Å². The van der Waals surface area contributed by atoms with Gasteiger partial charge in [0.1, 0.15) is 6.54 Å². The quantitative estimate of drug-likeness (QED) is 0.708. The summed E-state index contributed by atoms with van der Waals surface area (Å²) < 4.78 is 9.95. The van der Waals surface area contributed by atoms with Crippen LogP contribution in [-0.2, 0) is 14.3 Å². The van der Waals surface area contributed by atoms with Gasteiger partial charge >= 0.3 is 11.9 Å². The minimum Gasteiger partial charge on any atom is -0.468 e. The molecular formula is C16H20N6O5. The Bertz CT molecular complexity index is 857. The number of nitrogens with one attached hydrogen (secondary N) is 2. The molecule has 0 saturated carbocycles. The Morgan fingerprint density at radius 3 is 2.52 bits per heavy atom. The van der Waals surface area contributed by atoms with E-state index in [4.69, 9.17) is 4.74 Å². The first-order chi connectivity index (χ1) is 12.6. The molecule has 11 heteroatoms. The first-order valence-electron chi connectivity index (χ1n) is 7.96. The highest BCUT2D eigenvalue weighted by Gasteiger charge is 2.29. The van der Waals surface area contributed by atoms with Crippen molar-refractivity contribution in [2.75, 3.05) is 13.7 Å². The van der Waals surface area contributed by atoms with E-state index in [-0.39, 0.29) is 23.8 Å². The number of rotatable bonds is 5. The van der Waals surface area contributed by atoms with Gasteiger partial charge in [0.15, 0.2) is 11.4 Å². The van der Waals surface area contributed by atoms with Gasteiger partial charge in [-0.2, -0.15) is 5.21 Å². The first kappa shape index (κ1) is 19.9. The lowest BCUT2D eigenvalue weighted by Crippen LogP contribution is -2.32. The second-order valence-electron chi connectivity index (χ2n) is 6.61. The van der Waals surface area contributed by atoms with E-state index in [0.717, 1.165) is 0 Å². The molecule has 0 radical (unpaired) electrons. The van der Waals surface area contributed by atoms with Gasteiger partial charge in [0.25, 0.3) is 5.91 Å². The number of hydrogen-bond donors (Lipinski definition) is 2. The molecule has 0 fully saturated rings. The molecule has 0 saturated heterocycles. The van der Waals surface area contributed by atoms with Crippen LogP contribution < -0.4 is 10.1 Å². The number of methoxy groups -OCH3 is 1. The van der Waals surface area contributed by atoms with E-state index in [1.165, 1.54) is 13.3 Å². The van der Waals surface area contributed by atoms with E-state index < -0.39 is 23.3 Å². The summed E-state index contributed by atoms with van der Waals surface area (Å²) in [5.74, 6) is -1.69. The molecule has 0 aliphatic heterocycles. The van der Waals surface area contributed by atoms with Crippen LogP contribution in [0.25, 0.3) is 11.4 Å². The van der Waals surface area contributed by atoms with Gasteiger partial charge in [-0.25, -0.2) is 4.98 Å². The van der Waals surface area contributed by atoms with Crippen LogP contribution in [0.4, 0.5) is 0 Å². The Morgan fingerprint density at radius 2 is 1.96 bits per heavy atom. The summed E-state index contributed by atoms with van der Waals surface area (Å²) in [6, 6.07) is 0. The van der Waals surface area contributed by atoms with Crippen molar-refractivity contribution >= 4 is 17.8 Å². The van der Waals surface area contributed by atoms with Crippen LogP contribution in [-0.4, -0.2) is 57.1 Å². The maximum absolute atomic E-state index is 12.4. The Hall–Kier alpha value is -3.37. The van der Waals surface area contributed by atoms with Crippen LogP contribution in [0, 0.1) is 12.3 Å². The number of carbonyl (C=O) groups is 3. The number of aromatic amines is 1. The van der Waals surface area contributed by atoms with Gasteiger partial charge in [0, 0.05) is 17.3 Å². The fraction of sp³-hybridized carbons (Fsp3) is 0.438. The third kappa shape index (κ3) is 4.63. The first-order valence-corrected chi connectivity index (χ1v) is 7.96. The van der Waals surface area contributed by atoms with Gasteiger partial charge in [-0.05, 0) is 32.9 Å². The van der Waals surface area contributed by atoms with Crippen molar-refractivity contribution in [2.45, 2.75) is 27.7 Å². The molecule has 2 heterocycles. The summed E-state index contributed by atoms with van der Waals surface area (Å²) in [4.78, 5) is 40.1. The topological polar surface area (TPSA) is 149 Å². The lowest BCUT2D eigenvalue weighted by atomic mass is 9.97. The van der Waals surface area contributed by atoms with Crippen molar-refractivity contribution in [2.24, 2.45) is 5.41 Å². The highest BCUT2D eigenvalue weighted by atomic mass is 16.5. The van der Waals surface area contributed by atoms with E-state index in [0.29, 0.717) is 11.1 Å². The van der Waals surface area contributed by atoms with E-state index >= 15 is 0 Å². The van der Waals surface area contributed by atoms with Crippen molar-refractivity contribution in [3.63, 3.8) is 0 Å². The molecule has 27 heavy (non-hydrogen) atoms. The standard InChI is InChI=1S/C16H20N6O5/c1-8-9(13-19-21-22-20-13)6-17-11(14(24)18-7-10(23)26-5)12(8)27-15(25)16(2,3)4/h6H,7H2,1-5H3,(H,18,24)(H,19,20,21,22). The summed E-state index contributed by atoms with van der Waals surface area (Å²) in [5.41, 5.74) is -0.104. The van der Waals surface area contributed by atoms with Crippen LogP contribution >= 0.6 is 0 Å². The number of ether oxygens (including phenoxy) is 2. The number of aromatic nitrogens is 5. The molecule has 0 aliphatic rings. The molecule has 0 unspecified atom stereocenters. The van der Waals surface area contributed by atoms with E-state index in [2.05, 4.69) is 35.7 Å². The summed E-state index contributed by atoms with van der Waals surface area (Å²) in [5, 5.41) is 15.9. The Kier molecular flexibility index (Phi) is 5.83. The zero-order valence-corrected chi connectivity index (χ0v) is 15.6. The molecule has 0 aromatic carbocycles. The van der Waals surface area contributed by atoms with Gasteiger partial charge in [0.05, 0.1) is 12.5 Å². The van der Waals surface area contributed by atoms with Gasteiger partial charge in [-0.15, -0.1) is 10.2 Å². The summed E-state index contributed by atoms with van der Waals surface area (Å²) >= 11 is 0. The second kappa shape index (κ2) is 7.89. The normalized spacial score (nSPS) is 11.0. The number of tetrazole rings is 1. The number of carbonyl (C=O) groups excluding carboxylic acids is 3. The van der Waals surface area contributed by atoms with Crippen molar-refractivity contribution in [1.29, 1.82) is 0 Å². The predicted octanol–water partition coefficient (Wildman–Crippen LogP) is 0.424. The maximum Gasteiger partial charge on any atom is 0.325 e. The summed E-state index contributed by atoms with van der Waals surface area (Å²) in [6.45, 7) is 6.32. The minimum absolute atomic E-state index is 0.0420. The third-order valence-corrected chi connectivity index (χ3v) is 3.51. The van der Waals surface area contributed by atoms with E-state index in [1.54, 1.807) is 27.7 Å². The molecule has 144 valence electrons. The van der Waals surface area contributed by atoms with Gasteiger partial charge in [-0.3, -0.25) is 14.4 Å². The Balaban J connectivity index is 2.46. The summed E-state index contributed by atoms with van der Waals surface area (Å²) in [6.07, 6.45) is 1.36. The molecular weight excluding hydrogens is 356 g/mol. The SMILES string of the molecule is COC(=O)CNC(=O)c1ncc(-c2nn[nH]n2)c(C)c1OC(=O)C(C)(C)C. The Labute approximate surface area is 154 Å². The average molecular weight is 376 g/mol. The van der Waals surface area contributed by atoms with Crippen LogP contribution in [0.15, 0.2) is 6.20 Å². The van der Waals surface area contributed by atoms with Gasteiger partial charge in [-0.1, -0.05) is 0 Å². The average Bonchev–Trinajstić information content (AvgIpc) is 3.14. The fourth-order valence-electron chi connectivity index (χ4n) is 1.93. The molecule has 2 aromatic heterocycles. The molecule has 11 nitrogen and oxygen atoms in total. The molecule has 2 aromatic rings. The lowest BCUT2D eigenvalue weighted by Gasteiger charge is -2.19. The highest BCUT2D eigenvalue weighted by Crippen LogP contribution is 2.31. The molecule has 1 amide bonds. The molecule has 0 atom stereocenters.